The van der Waals surface area contributed by atoms with Crippen LogP contribution >= 0.6 is 0 Å². The second-order valence-corrected chi connectivity index (χ2v) is 6.40. The van der Waals surface area contributed by atoms with Crippen molar-refractivity contribution in [1.29, 1.82) is 0 Å². The Morgan fingerprint density at radius 3 is 2.12 bits per heavy atom. The zero-order valence-corrected chi connectivity index (χ0v) is 14.4. The molecule has 0 saturated carbocycles. The van der Waals surface area contributed by atoms with E-state index in [0.29, 0.717) is 6.42 Å². The molecule has 0 aromatic heterocycles. The first-order valence-electron chi connectivity index (χ1n) is 8.40. The van der Waals surface area contributed by atoms with Crippen molar-refractivity contribution < 1.29 is 54.4 Å². The normalized spacial score (nSPS) is 46.9. The molecule has 2 aliphatic rings. The summed E-state index contributed by atoms with van der Waals surface area (Å²) in [6, 6.07) is 0. The minimum absolute atomic E-state index is 0.179. The Kier molecular flexibility index (Phi) is 7.30. The highest BCUT2D eigenvalue weighted by Gasteiger charge is 2.52. The lowest BCUT2D eigenvalue weighted by atomic mass is 9.97. The van der Waals surface area contributed by atoms with Crippen LogP contribution < -0.4 is 0 Å². The van der Waals surface area contributed by atoms with Crippen molar-refractivity contribution in [2.24, 2.45) is 0 Å². The van der Waals surface area contributed by atoms with Gasteiger partial charge < -0.3 is 49.6 Å². The van der Waals surface area contributed by atoms with E-state index in [4.69, 9.17) is 18.9 Å². The van der Waals surface area contributed by atoms with E-state index in [0.717, 1.165) is 0 Å². The second-order valence-electron chi connectivity index (χ2n) is 6.40. The topological polar surface area (TPSA) is 175 Å². The second kappa shape index (κ2) is 8.87. The molecule has 11 heteroatoms. The number of rotatable bonds is 6. The fourth-order valence-electron chi connectivity index (χ4n) is 2.84. The number of ether oxygens (including phenoxy) is 4. The number of aliphatic carboxylic acids is 1. The van der Waals surface area contributed by atoms with Crippen LogP contribution in [0.3, 0.4) is 0 Å². The van der Waals surface area contributed by atoms with Gasteiger partial charge in [0.05, 0.1) is 6.10 Å². The molecule has 2 heterocycles. The lowest BCUT2D eigenvalue weighted by Gasteiger charge is -2.45. The van der Waals surface area contributed by atoms with Crippen LogP contribution in [-0.2, 0) is 23.7 Å². The maximum Gasteiger partial charge on any atom is 0.335 e. The van der Waals surface area contributed by atoms with Gasteiger partial charge in [0.1, 0.15) is 36.6 Å². The highest BCUT2D eigenvalue weighted by Crippen LogP contribution is 2.29. The Labute approximate surface area is 149 Å². The summed E-state index contributed by atoms with van der Waals surface area (Å²) in [5.74, 6) is -1.48. The summed E-state index contributed by atoms with van der Waals surface area (Å²) in [6.07, 6.45) is -14.6. The first kappa shape index (κ1) is 21.4. The van der Waals surface area contributed by atoms with Gasteiger partial charge in [-0.2, -0.15) is 0 Å². The monoisotopic (exact) mass is 382 g/mol. The van der Waals surface area contributed by atoms with Gasteiger partial charge in [0, 0.05) is 6.61 Å². The van der Waals surface area contributed by atoms with Gasteiger partial charge in [-0.05, 0) is 13.3 Å². The minimum Gasteiger partial charge on any atom is -0.479 e. The van der Waals surface area contributed by atoms with E-state index in [1.165, 1.54) is 6.92 Å². The summed E-state index contributed by atoms with van der Waals surface area (Å²) >= 11 is 0. The molecule has 26 heavy (non-hydrogen) atoms. The summed E-state index contributed by atoms with van der Waals surface area (Å²) in [6.45, 7) is 3.40. The molecular weight excluding hydrogens is 356 g/mol. The maximum atomic E-state index is 11.5. The highest BCUT2D eigenvalue weighted by molar-refractivity contribution is 5.73. The van der Waals surface area contributed by atoms with Crippen molar-refractivity contribution in [1.82, 2.24) is 0 Å². The van der Waals surface area contributed by atoms with Crippen molar-refractivity contribution in [2.75, 3.05) is 6.61 Å². The molecule has 0 amide bonds. The quantitative estimate of drug-likeness (QED) is 0.279. The van der Waals surface area contributed by atoms with Crippen molar-refractivity contribution in [3.05, 3.63) is 0 Å². The fourth-order valence-corrected chi connectivity index (χ4v) is 2.84. The summed E-state index contributed by atoms with van der Waals surface area (Å²) in [4.78, 5) is 11.5. The molecule has 0 unspecified atom stereocenters. The predicted octanol–water partition coefficient (Wildman–Crippen LogP) is -2.84. The molecule has 0 aromatic rings. The van der Waals surface area contributed by atoms with Crippen molar-refractivity contribution in [3.63, 3.8) is 0 Å². The number of carbonyl (C=O) groups is 1. The minimum atomic E-state index is -1.72. The summed E-state index contributed by atoms with van der Waals surface area (Å²) in [5, 5.41) is 59.2. The molecule has 0 aromatic carbocycles. The summed E-state index contributed by atoms with van der Waals surface area (Å²) in [5.41, 5.74) is 0. The van der Waals surface area contributed by atoms with E-state index < -0.39 is 67.4 Å². The summed E-state index contributed by atoms with van der Waals surface area (Å²) < 4.78 is 21.0. The Morgan fingerprint density at radius 1 is 0.923 bits per heavy atom. The molecule has 0 aliphatic carbocycles. The molecule has 0 bridgehead atoms. The van der Waals surface area contributed by atoms with Gasteiger partial charge in [-0.3, -0.25) is 0 Å². The lowest BCUT2D eigenvalue weighted by molar-refractivity contribution is -0.351. The average Bonchev–Trinajstić information content (AvgIpc) is 2.60. The Morgan fingerprint density at radius 2 is 1.54 bits per heavy atom. The first-order valence-corrected chi connectivity index (χ1v) is 8.40. The van der Waals surface area contributed by atoms with Crippen LogP contribution in [0.2, 0.25) is 0 Å². The fraction of sp³-hybridized carbons (Fsp3) is 0.933. The molecule has 10 atom stereocenters. The molecule has 6 N–H and O–H groups in total. The van der Waals surface area contributed by atoms with Gasteiger partial charge in [-0.1, -0.05) is 6.92 Å². The van der Waals surface area contributed by atoms with Crippen molar-refractivity contribution >= 4 is 5.97 Å². The van der Waals surface area contributed by atoms with E-state index in [-0.39, 0.29) is 6.61 Å². The number of aliphatic hydroxyl groups is 5. The number of hydrogen-bond acceptors (Lipinski definition) is 10. The largest absolute Gasteiger partial charge is 0.479 e. The van der Waals surface area contributed by atoms with Crippen molar-refractivity contribution in [2.45, 2.75) is 81.7 Å². The lowest BCUT2D eigenvalue weighted by Crippen LogP contribution is -2.64. The number of carboxylic acids is 1. The molecule has 152 valence electrons. The zero-order chi connectivity index (χ0) is 19.6. The van der Waals surface area contributed by atoms with E-state index in [1.807, 2.05) is 0 Å². The number of aliphatic hydroxyl groups excluding tert-OH is 5. The number of carboxylic acid groups (broad SMARTS) is 1. The van der Waals surface area contributed by atoms with Gasteiger partial charge in [-0.25, -0.2) is 4.79 Å². The summed E-state index contributed by atoms with van der Waals surface area (Å²) in [7, 11) is 0. The van der Waals surface area contributed by atoms with Gasteiger partial charge in [0.15, 0.2) is 18.7 Å². The van der Waals surface area contributed by atoms with Crippen LogP contribution in [0, 0.1) is 0 Å². The third kappa shape index (κ3) is 4.32. The van der Waals surface area contributed by atoms with Gasteiger partial charge in [0.2, 0.25) is 0 Å². The van der Waals surface area contributed by atoms with Crippen LogP contribution in [0.4, 0.5) is 0 Å². The standard InChI is InChI=1S/C15H26O11/c1-3-4-23-14-10(20)8(18)11(12(26-14)13(21)22)25-15-9(19)7(17)6(16)5(2)24-15/h5-12,14-20H,3-4H2,1-2H3,(H,21,22)/t5-,6-,7+,8+,9+,10+,11+,12-,14+,15-/m0/s1. The molecule has 11 nitrogen and oxygen atoms in total. The molecular formula is C15H26O11. The third-order valence-electron chi connectivity index (χ3n) is 4.37. The van der Waals surface area contributed by atoms with Crippen molar-refractivity contribution in [3.8, 4) is 0 Å². The van der Waals surface area contributed by atoms with Crippen LogP contribution in [0.5, 0.6) is 0 Å². The third-order valence-corrected chi connectivity index (χ3v) is 4.37. The Bertz CT molecular complexity index is 475. The number of hydrogen-bond donors (Lipinski definition) is 6. The van der Waals surface area contributed by atoms with Crippen LogP contribution in [-0.4, -0.2) is 105 Å². The first-order chi connectivity index (χ1) is 12.2. The zero-order valence-electron chi connectivity index (χ0n) is 14.4. The molecule has 2 aliphatic heterocycles. The van der Waals surface area contributed by atoms with Crippen LogP contribution in [0.25, 0.3) is 0 Å². The molecule has 0 radical (unpaired) electrons. The van der Waals surface area contributed by atoms with Gasteiger partial charge in [-0.15, -0.1) is 0 Å². The SMILES string of the molecule is CCCO[C@@H]1O[C@H](C(=O)O)[C@H](O[C@@H]2O[C@@H](C)[C@H](O)[C@@H](O)[C@H]2O)[C@H](O)[C@H]1O. The van der Waals surface area contributed by atoms with E-state index in [9.17, 15) is 35.4 Å². The molecule has 2 rings (SSSR count). The van der Waals surface area contributed by atoms with Gasteiger partial charge >= 0.3 is 5.97 Å². The van der Waals surface area contributed by atoms with Gasteiger partial charge in [0.25, 0.3) is 0 Å². The molecule has 0 spiro atoms. The Hall–Kier alpha value is -0.890. The Balaban J connectivity index is 2.14. The highest BCUT2D eigenvalue weighted by atomic mass is 16.7. The molecule has 2 saturated heterocycles. The maximum absolute atomic E-state index is 11.5. The smallest absolute Gasteiger partial charge is 0.335 e. The molecule has 2 fully saturated rings. The predicted molar refractivity (Wildman–Crippen MR) is 81.8 cm³/mol. The van der Waals surface area contributed by atoms with E-state index >= 15 is 0 Å². The van der Waals surface area contributed by atoms with Crippen LogP contribution in [0.1, 0.15) is 20.3 Å². The van der Waals surface area contributed by atoms with Crippen LogP contribution in [0.15, 0.2) is 0 Å². The average molecular weight is 382 g/mol. The van der Waals surface area contributed by atoms with E-state index in [1.54, 1.807) is 6.92 Å². The van der Waals surface area contributed by atoms with E-state index in [2.05, 4.69) is 0 Å².